The van der Waals surface area contributed by atoms with E-state index in [2.05, 4.69) is 0 Å². The molecule has 1 aliphatic rings. The Labute approximate surface area is 102 Å². The lowest BCUT2D eigenvalue weighted by atomic mass is 9.76. The van der Waals surface area contributed by atoms with Crippen molar-refractivity contribution in [2.45, 2.75) is 32.6 Å². The summed E-state index contributed by atoms with van der Waals surface area (Å²) in [5.41, 5.74) is -0.737. The van der Waals surface area contributed by atoms with Gasteiger partial charge in [0.15, 0.2) is 0 Å². The Balaban J connectivity index is 2.82. The topological polar surface area (TPSA) is 60.9 Å². The molecule has 1 heterocycles. The summed E-state index contributed by atoms with van der Waals surface area (Å²) < 4.78 is 0. The lowest BCUT2D eigenvalue weighted by molar-refractivity contribution is -0.152. The molecule has 0 spiro atoms. The van der Waals surface area contributed by atoms with Crippen LogP contribution in [0.4, 0.5) is 4.79 Å². The lowest BCUT2D eigenvalue weighted by Crippen LogP contribution is -2.52. The number of piperidine rings is 1. The van der Waals surface area contributed by atoms with E-state index < -0.39 is 11.4 Å². The number of urea groups is 1. The molecule has 5 heteroatoms. The van der Waals surface area contributed by atoms with Gasteiger partial charge in [-0.15, -0.1) is 0 Å². The highest BCUT2D eigenvalue weighted by Gasteiger charge is 2.42. The SMILES string of the molecule is CCCC1(C(=O)O)CCCN(C(=O)N(C)C)C1. The summed E-state index contributed by atoms with van der Waals surface area (Å²) in [6, 6.07) is -0.0913. The number of carbonyl (C=O) groups is 2. The minimum Gasteiger partial charge on any atom is -0.481 e. The normalized spacial score (nSPS) is 24.5. The molecule has 0 radical (unpaired) electrons. The van der Waals surface area contributed by atoms with Gasteiger partial charge in [-0.3, -0.25) is 4.79 Å². The Kier molecular flexibility index (Phi) is 4.37. The molecule has 0 aromatic heterocycles. The summed E-state index contributed by atoms with van der Waals surface area (Å²) >= 11 is 0. The van der Waals surface area contributed by atoms with Crippen molar-refractivity contribution in [3.05, 3.63) is 0 Å². The molecular formula is C12H22N2O3. The first-order valence-corrected chi connectivity index (χ1v) is 6.12. The summed E-state index contributed by atoms with van der Waals surface area (Å²) in [4.78, 5) is 26.5. The quantitative estimate of drug-likeness (QED) is 0.818. The molecule has 2 amide bonds. The van der Waals surface area contributed by atoms with Crippen LogP contribution in [-0.4, -0.2) is 54.1 Å². The van der Waals surface area contributed by atoms with Crippen LogP contribution in [0.3, 0.4) is 0 Å². The molecule has 1 fully saturated rings. The van der Waals surface area contributed by atoms with E-state index >= 15 is 0 Å². The molecule has 1 aliphatic heterocycles. The van der Waals surface area contributed by atoms with Crippen molar-refractivity contribution in [1.29, 1.82) is 0 Å². The number of nitrogens with zero attached hydrogens (tertiary/aromatic N) is 2. The number of carboxylic acid groups (broad SMARTS) is 1. The highest BCUT2D eigenvalue weighted by atomic mass is 16.4. The van der Waals surface area contributed by atoms with E-state index in [1.165, 1.54) is 4.90 Å². The molecule has 5 nitrogen and oxygen atoms in total. The second-order valence-electron chi connectivity index (χ2n) is 5.04. The van der Waals surface area contributed by atoms with E-state index in [-0.39, 0.29) is 6.03 Å². The van der Waals surface area contributed by atoms with Crippen molar-refractivity contribution < 1.29 is 14.7 Å². The van der Waals surface area contributed by atoms with Gasteiger partial charge in [-0.25, -0.2) is 4.79 Å². The molecule has 0 bridgehead atoms. The summed E-state index contributed by atoms with van der Waals surface area (Å²) in [5, 5.41) is 9.41. The van der Waals surface area contributed by atoms with Crippen molar-refractivity contribution in [2.24, 2.45) is 5.41 Å². The summed E-state index contributed by atoms with van der Waals surface area (Å²) in [7, 11) is 3.39. The summed E-state index contributed by atoms with van der Waals surface area (Å²) in [6.45, 7) is 2.99. The minimum atomic E-state index is -0.768. The number of hydrogen-bond acceptors (Lipinski definition) is 2. The van der Waals surface area contributed by atoms with E-state index in [0.29, 0.717) is 25.9 Å². The predicted molar refractivity (Wildman–Crippen MR) is 64.9 cm³/mol. The number of amides is 2. The van der Waals surface area contributed by atoms with Gasteiger partial charge < -0.3 is 14.9 Å². The second kappa shape index (κ2) is 5.38. The van der Waals surface area contributed by atoms with Crippen LogP contribution >= 0.6 is 0 Å². The van der Waals surface area contributed by atoms with Gasteiger partial charge in [0.05, 0.1) is 5.41 Å². The Bertz CT molecular complexity index is 300. The zero-order chi connectivity index (χ0) is 13.1. The number of carboxylic acids is 1. The van der Waals surface area contributed by atoms with Crippen molar-refractivity contribution in [1.82, 2.24) is 9.80 Å². The van der Waals surface area contributed by atoms with Gasteiger partial charge in [-0.2, -0.15) is 0 Å². The fraction of sp³-hybridized carbons (Fsp3) is 0.833. The number of likely N-dealkylation sites (tertiary alicyclic amines) is 1. The van der Waals surface area contributed by atoms with Gasteiger partial charge in [-0.05, 0) is 19.3 Å². The first kappa shape index (κ1) is 13.8. The second-order valence-corrected chi connectivity index (χ2v) is 5.04. The van der Waals surface area contributed by atoms with Gasteiger partial charge in [0.2, 0.25) is 0 Å². The smallest absolute Gasteiger partial charge is 0.319 e. The van der Waals surface area contributed by atoms with E-state index in [9.17, 15) is 14.7 Å². The van der Waals surface area contributed by atoms with Crippen molar-refractivity contribution in [3.63, 3.8) is 0 Å². The molecule has 0 aliphatic carbocycles. The van der Waals surface area contributed by atoms with Gasteiger partial charge in [0, 0.05) is 27.2 Å². The van der Waals surface area contributed by atoms with E-state index in [1.54, 1.807) is 19.0 Å². The summed E-state index contributed by atoms with van der Waals surface area (Å²) in [5.74, 6) is -0.768. The molecule has 1 N–H and O–H groups in total. The highest BCUT2D eigenvalue weighted by Crippen LogP contribution is 2.35. The number of carbonyl (C=O) groups excluding carboxylic acids is 1. The third kappa shape index (κ3) is 2.90. The third-order valence-corrected chi connectivity index (χ3v) is 3.41. The van der Waals surface area contributed by atoms with Crippen LogP contribution < -0.4 is 0 Å². The largest absolute Gasteiger partial charge is 0.481 e. The van der Waals surface area contributed by atoms with Gasteiger partial charge in [0.25, 0.3) is 0 Å². The van der Waals surface area contributed by atoms with Crippen LogP contribution in [0.2, 0.25) is 0 Å². The number of rotatable bonds is 3. The molecule has 0 aromatic rings. The number of hydrogen-bond donors (Lipinski definition) is 1. The van der Waals surface area contributed by atoms with Gasteiger partial charge in [-0.1, -0.05) is 13.3 Å². The maximum atomic E-state index is 11.9. The average Bonchev–Trinajstić information content (AvgIpc) is 2.28. The molecule has 1 unspecified atom stereocenters. The Morgan fingerprint density at radius 3 is 2.53 bits per heavy atom. The van der Waals surface area contributed by atoms with Gasteiger partial charge >= 0.3 is 12.0 Å². The van der Waals surface area contributed by atoms with E-state index in [4.69, 9.17) is 0 Å². The molecule has 0 saturated carbocycles. The Hall–Kier alpha value is -1.26. The van der Waals surface area contributed by atoms with Crippen LogP contribution in [0.1, 0.15) is 32.6 Å². The standard InChI is InChI=1S/C12H22N2O3/c1-4-6-12(10(15)16)7-5-8-14(9-12)11(17)13(2)3/h4-9H2,1-3H3,(H,15,16). The van der Waals surface area contributed by atoms with Crippen LogP contribution in [-0.2, 0) is 4.79 Å². The predicted octanol–water partition coefficient (Wildman–Crippen LogP) is 1.63. The molecule has 1 atom stereocenters. The highest BCUT2D eigenvalue weighted by molar-refractivity contribution is 5.78. The fourth-order valence-corrected chi connectivity index (χ4v) is 2.54. The minimum absolute atomic E-state index is 0.0913. The monoisotopic (exact) mass is 242 g/mol. The van der Waals surface area contributed by atoms with Crippen molar-refractivity contribution in [2.75, 3.05) is 27.2 Å². The zero-order valence-corrected chi connectivity index (χ0v) is 10.9. The molecular weight excluding hydrogens is 220 g/mol. The Morgan fingerprint density at radius 1 is 1.41 bits per heavy atom. The molecule has 98 valence electrons. The maximum absolute atomic E-state index is 11.9. The van der Waals surface area contributed by atoms with Crippen LogP contribution in [0, 0.1) is 5.41 Å². The lowest BCUT2D eigenvalue weighted by Gasteiger charge is -2.40. The first-order chi connectivity index (χ1) is 7.93. The van der Waals surface area contributed by atoms with Crippen LogP contribution in [0.15, 0.2) is 0 Å². The fourth-order valence-electron chi connectivity index (χ4n) is 2.54. The molecule has 1 saturated heterocycles. The Morgan fingerprint density at radius 2 is 2.06 bits per heavy atom. The average molecular weight is 242 g/mol. The first-order valence-electron chi connectivity index (χ1n) is 6.12. The van der Waals surface area contributed by atoms with Crippen LogP contribution in [0.5, 0.6) is 0 Å². The van der Waals surface area contributed by atoms with Crippen LogP contribution in [0.25, 0.3) is 0 Å². The molecule has 0 aromatic carbocycles. The van der Waals surface area contributed by atoms with E-state index in [0.717, 1.165) is 12.8 Å². The van der Waals surface area contributed by atoms with Gasteiger partial charge in [0.1, 0.15) is 0 Å². The molecule has 17 heavy (non-hydrogen) atoms. The van der Waals surface area contributed by atoms with Crippen molar-refractivity contribution >= 4 is 12.0 Å². The summed E-state index contributed by atoms with van der Waals surface area (Å²) in [6.07, 6.45) is 2.91. The third-order valence-electron chi connectivity index (χ3n) is 3.41. The zero-order valence-electron chi connectivity index (χ0n) is 10.9. The maximum Gasteiger partial charge on any atom is 0.319 e. The van der Waals surface area contributed by atoms with Crippen molar-refractivity contribution in [3.8, 4) is 0 Å². The molecule has 1 rings (SSSR count). The number of aliphatic carboxylic acids is 1. The van der Waals surface area contributed by atoms with E-state index in [1.807, 2.05) is 6.92 Å².